The zero-order valence-corrected chi connectivity index (χ0v) is 30.3. The van der Waals surface area contributed by atoms with E-state index in [2.05, 4.69) is 16.1 Å². The van der Waals surface area contributed by atoms with Crippen LogP contribution in [0, 0.1) is 6.92 Å². The van der Waals surface area contributed by atoms with Crippen LogP contribution in [0.4, 0.5) is 24.5 Å². The summed E-state index contributed by atoms with van der Waals surface area (Å²) >= 11 is 0. The van der Waals surface area contributed by atoms with Crippen molar-refractivity contribution in [3.05, 3.63) is 107 Å². The molecule has 0 spiro atoms. The molecule has 0 unspecified atom stereocenters. The third kappa shape index (κ3) is 7.24. The van der Waals surface area contributed by atoms with E-state index < -0.39 is 18.6 Å². The summed E-state index contributed by atoms with van der Waals surface area (Å²) in [6, 6.07) is 18.1. The van der Waals surface area contributed by atoms with Crippen molar-refractivity contribution in [2.24, 2.45) is 7.05 Å². The second-order valence-corrected chi connectivity index (χ2v) is 14.0. The third-order valence-electron chi connectivity index (χ3n) is 10.4. The molecule has 0 radical (unpaired) electrons. The van der Waals surface area contributed by atoms with Gasteiger partial charge in [0, 0.05) is 62.4 Å². The Labute approximate surface area is 314 Å². The van der Waals surface area contributed by atoms with Crippen LogP contribution >= 0.6 is 0 Å². The highest BCUT2D eigenvalue weighted by Gasteiger charge is 2.37. The Bertz CT molecular complexity index is 2240. The number of hydrogen-bond donors (Lipinski definition) is 1. The Kier molecular flexibility index (Phi) is 9.51. The number of carbonyl (C=O) groups excluding carboxylic acids is 2. The molecule has 55 heavy (non-hydrogen) atoms. The Morgan fingerprint density at radius 3 is 2.35 bits per heavy atom. The predicted octanol–water partition coefficient (Wildman–Crippen LogP) is 6.07. The maximum Gasteiger partial charge on any atom is 0.406 e. The molecular formula is C40H39F3N6O6. The topological polar surface area (TPSA) is 115 Å². The monoisotopic (exact) mass is 756 g/mol. The lowest BCUT2D eigenvalue weighted by Crippen LogP contribution is -2.52. The Balaban J connectivity index is 1.26. The number of benzene rings is 3. The summed E-state index contributed by atoms with van der Waals surface area (Å²) in [6.45, 7) is 3.41. The van der Waals surface area contributed by atoms with Gasteiger partial charge in [0.2, 0.25) is 6.79 Å². The van der Waals surface area contributed by atoms with Crippen LogP contribution in [0.1, 0.15) is 37.5 Å². The first kappa shape index (κ1) is 36.2. The van der Waals surface area contributed by atoms with E-state index in [0.717, 1.165) is 28.8 Å². The molecule has 1 fully saturated rings. The van der Waals surface area contributed by atoms with Gasteiger partial charge >= 0.3 is 6.18 Å². The minimum Gasteiger partial charge on any atom is -0.508 e. The second-order valence-electron chi connectivity index (χ2n) is 14.0. The molecule has 3 aliphatic heterocycles. The van der Waals surface area contributed by atoms with E-state index in [9.17, 15) is 23.1 Å². The van der Waals surface area contributed by atoms with Crippen molar-refractivity contribution in [3.63, 3.8) is 0 Å². The number of ether oxygens (including phenoxy) is 3. The molecule has 1 atom stereocenters. The van der Waals surface area contributed by atoms with Crippen LogP contribution in [-0.4, -0.2) is 92.9 Å². The SMILES string of the molecule is Cc1c(C(=O)N(c2ccc(O)cc2)c2cnn(C)c2)cc(-c2cc3c(cc2C(=O)N2Cc4ccccc4C[C@H]2CN2CCOCC2)OCO3)n1CC(F)(F)F. The Morgan fingerprint density at radius 1 is 0.945 bits per heavy atom. The fourth-order valence-corrected chi connectivity index (χ4v) is 7.65. The number of anilines is 2. The van der Waals surface area contributed by atoms with Crippen LogP contribution in [-0.2, 0) is 31.3 Å². The molecule has 1 saturated heterocycles. The largest absolute Gasteiger partial charge is 0.508 e. The minimum absolute atomic E-state index is 0.0128. The van der Waals surface area contributed by atoms with Gasteiger partial charge in [0.05, 0.1) is 41.9 Å². The number of amides is 2. The van der Waals surface area contributed by atoms with Crippen molar-refractivity contribution in [1.29, 1.82) is 0 Å². The van der Waals surface area contributed by atoms with E-state index >= 15 is 4.79 Å². The summed E-state index contributed by atoms with van der Waals surface area (Å²) in [6.07, 6.45) is -1.01. The first-order valence-electron chi connectivity index (χ1n) is 17.9. The second kappa shape index (κ2) is 14.5. The van der Waals surface area contributed by atoms with Gasteiger partial charge in [-0.25, -0.2) is 0 Å². The van der Waals surface area contributed by atoms with Crippen LogP contribution < -0.4 is 14.4 Å². The molecule has 2 aromatic heterocycles. The normalized spacial score (nSPS) is 17.0. The van der Waals surface area contributed by atoms with E-state index in [1.165, 1.54) is 65.2 Å². The molecule has 286 valence electrons. The van der Waals surface area contributed by atoms with Gasteiger partial charge in [-0.1, -0.05) is 24.3 Å². The molecule has 5 heterocycles. The maximum absolute atomic E-state index is 15.0. The molecule has 3 aromatic carbocycles. The molecule has 0 bridgehead atoms. The van der Waals surface area contributed by atoms with Crippen molar-refractivity contribution in [2.45, 2.75) is 38.7 Å². The summed E-state index contributed by atoms with van der Waals surface area (Å²) < 4.78 is 62.9. The fourth-order valence-electron chi connectivity index (χ4n) is 7.65. The maximum atomic E-state index is 15.0. The highest BCUT2D eigenvalue weighted by atomic mass is 19.4. The van der Waals surface area contributed by atoms with Gasteiger partial charge in [-0.15, -0.1) is 0 Å². The number of alkyl halides is 3. The van der Waals surface area contributed by atoms with Crippen molar-refractivity contribution in [3.8, 4) is 28.5 Å². The van der Waals surface area contributed by atoms with Crippen LogP contribution in [0.2, 0.25) is 0 Å². The average Bonchev–Trinajstić information content (AvgIpc) is 3.89. The summed E-state index contributed by atoms with van der Waals surface area (Å²) in [4.78, 5) is 35.0. The van der Waals surface area contributed by atoms with Crippen LogP contribution in [0.3, 0.4) is 0 Å². The minimum atomic E-state index is -4.68. The van der Waals surface area contributed by atoms with Gasteiger partial charge in [0.1, 0.15) is 12.3 Å². The van der Waals surface area contributed by atoms with Crippen molar-refractivity contribution < 1.29 is 42.1 Å². The highest BCUT2D eigenvalue weighted by Crippen LogP contribution is 2.42. The summed E-state index contributed by atoms with van der Waals surface area (Å²) in [7, 11) is 1.68. The summed E-state index contributed by atoms with van der Waals surface area (Å²) in [5.74, 6) is -0.475. The van der Waals surface area contributed by atoms with Gasteiger partial charge in [-0.05, 0) is 66.9 Å². The van der Waals surface area contributed by atoms with Crippen LogP contribution in [0.25, 0.3) is 11.3 Å². The first-order valence-corrected chi connectivity index (χ1v) is 17.9. The summed E-state index contributed by atoms with van der Waals surface area (Å²) in [5.41, 5.74) is 3.17. The lowest BCUT2D eigenvalue weighted by molar-refractivity contribution is -0.140. The third-order valence-corrected chi connectivity index (χ3v) is 10.4. The molecule has 5 aromatic rings. The first-order chi connectivity index (χ1) is 26.4. The van der Waals surface area contributed by atoms with Gasteiger partial charge in [-0.3, -0.25) is 24.1 Å². The molecule has 1 N–H and O–H groups in total. The van der Waals surface area contributed by atoms with Crippen molar-refractivity contribution in [1.82, 2.24) is 24.1 Å². The Morgan fingerprint density at radius 2 is 1.65 bits per heavy atom. The quantitative estimate of drug-likeness (QED) is 0.203. The number of nitrogens with zero attached hydrogens (tertiary/aromatic N) is 6. The molecular weight excluding hydrogens is 717 g/mol. The van der Waals surface area contributed by atoms with E-state index in [4.69, 9.17) is 14.2 Å². The number of morpholine rings is 1. The number of carbonyl (C=O) groups is 2. The van der Waals surface area contributed by atoms with Gasteiger partial charge in [0.15, 0.2) is 11.5 Å². The molecule has 15 heteroatoms. The van der Waals surface area contributed by atoms with Gasteiger partial charge in [-0.2, -0.15) is 18.3 Å². The lowest BCUT2D eigenvalue weighted by atomic mass is 9.92. The summed E-state index contributed by atoms with van der Waals surface area (Å²) in [5, 5.41) is 14.2. The number of halogens is 3. The van der Waals surface area contributed by atoms with E-state index in [1.54, 1.807) is 18.1 Å². The number of fused-ring (bicyclic) bond motifs is 2. The number of phenols is 1. The van der Waals surface area contributed by atoms with Gasteiger partial charge in [0.25, 0.3) is 11.8 Å². The Hall–Kier alpha value is -5.80. The zero-order chi connectivity index (χ0) is 38.4. The predicted molar refractivity (Wildman–Crippen MR) is 196 cm³/mol. The zero-order valence-electron chi connectivity index (χ0n) is 30.3. The molecule has 2 amide bonds. The number of aromatic nitrogens is 3. The van der Waals surface area contributed by atoms with Crippen molar-refractivity contribution in [2.75, 3.05) is 44.5 Å². The van der Waals surface area contributed by atoms with E-state index in [1.807, 2.05) is 18.2 Å². The number of hydrogen-bond acceptors (Lipinski definition) is 8. The molecule has 0 aliphatic carbocycles. The number of aromatic hydroxyl groups is 1. The molecule has 3 aliphatic rings. The molecule has 0 saturated carbocycles. The number of rotatable bonds is 8. The number of phenolic OH excluding ortho intramolecular Hbond substituents is 1. The highest BCUT2D eigenvalue weighted by molar-refractivity contribution is 6.12. The average molecular weight is 757 g/mol. The van der Waals surface area contributed by atoms with Crippen LogP contribution in [0.5, 0.6) is 17.2 Å². The van der Waals surface area contributed by atoms with Crippen LogP contribution in [0.15, 0.2) is 79.1 Å². The standard InChI is InChI=1S/C40H39F3N6O6/c1-25-32(39(52)49(30-19-44-45(2)21-30)28-7-9-31(50)10-8-28)16-35(48(25)23-40(41,42)43)33-17-36-37(55-24-54-36)18-34(33)38(51)47-20-27-6-4-3-5-26(27)15-29(47)22-46-11-13-53-14-12-46/h3-10,16-19,21,29,50H,11-15,20,22-24H2,1-2H3/t29-/m0/s1. The van der Waals surface area contributed by atoms with Gasteiger partial charge < -0.3 is 28.8 Å². The fraction of sp³-hybridized carbons (Fsp3) is 0.325. The van der Waals surface area contributed by atoms with E-state index in [0.29, 0.717) is 49.8 Å². The number of aryl methyl sites for hydroxylation is 1. The van der Waals surface area contributed by atoms with E-state index in [-0.39, 0.29) is 58.3 Å². The molecule has 12 nitrogen and oxygen atoms in total. The smallest absolute Gasteiger partial charge is 0.406 e. The van der Waals surface area contributed by atoms with Crippen molar-refractivity contribution >= 4 is 23.2 Å². The lowest BCUT2D eigenvalue weighted by Gasteiger charge is -2.40. The molecule has 8 rings (SSSR count).